The van der Waals surface area contributed by atoms with E-state index in [1.54, 1.807) is 19.9 Å². The molecule has 1 aromatic rings. The van der Waals surface area contributed by atoms with Crippen LogP contribution in [0.4, 0.5) is 8.78 Å². The zero-order chi connectivity index (χ0) is 15.5. The summed E-state index contributed by atoms with van der Waals surface area (Å²) in [4.78, 5) is 13.3. The number of hydrogen-bond acceptors (Lipinski definition) is 3. The van der Waals surface area contributed by atoms with E-state index >= 15 is 0 Å². The van der Waals surface area contributed by atoms with E-state index < -0.39 is 17.4 Å². The highest BCUT2D eigenvalue weighted by atomic mass is 19.3. The van der Waals surface area contributed by atoms with Crippen LogP contribution in [0.1, 0.15) is 19.4 Å². The predicted octanol–water partition coefficient (Wildman–Crippen LogP) is 2.42. The Labute approximate surface area is 122 Å². The molecule has 1 saturated heterocycles. The first-order valence-electron chi connectivity index (χ1n) is 6.98. The average Bonchev–Trinajstić information content (AvgIpc) is 2.47. The molecule has 0 aliphatic carbocycles. The summed E-state index contributed by atoms with van der Waals surface area (Å²) in [5.74, 6) is -4.77. The molecular weight excluding hydrogens is 280 g/mol. The van der Waals surface area contributed by atoms with Crippen LogP contribution < -0.4 is 4.74 Å². The minimum atomic E-state index is -3.61. The second-order valence-corrected chi connectivity index (χ2v) is 4.94. The van der Waals surface area contributed by atoms with Crippen molar-refractivity contribution in [3.63, 3.8) is 0 Å². The van der Waals surface area contributed by atoms with Gasteiger partial charge in [-0.25, -0.2) is 0 Å². The molecule has 21 heavy (non-hydrogen) atoms. The fourth-order valence-electron chi connectivity index (χ4n) is 2.32. The molecule has 0 bridgehead atoms. The van der Waals surface area contributed by atoms with Gasteiger partial charge in [0.2, 0.25) is 0 Å². The fourth-order valence-corrected chi connectivity index (χ4v) is 2.32. The van der Waals surface area contributed by atoms with Crippen molar-refractivity contribution in [1.82, 2.24) is 4.90 Å². The summed E-state index contributed by atoms with van der Waals surface area (Å²) in [6.45, 7) is 4.35. The quantitative estimate of drug-likeness (QED) is 0.857. The lowest BCUT2D eigenvalue weighted by Gasteiger charge is -2.33. The molecule has 1 amide bonds. The highest BCUT2D eigenvalue weighted by molar-refractivity contribution is 5.85. The summed E-state index contributed by atoms with van der Waals surface area (Å²) >= 11 is 0. The Morgan fingerprint density at radius 1 is 1.48 bits per heavy atom. The van der Waals surface area contributed by atoms with Crippen LogP contribution in [0, 0.1) is 0 Å². The van der Waals surface area contributed by atoms with Crippen LogP contribution in [0.5, 0.6) is 5.75 Å². The number of halogens is 2. The van der Waals surface area contributed by atoms with Crippen molar-refractivity contribution < 1.29 is 23.0 Å². The van der Waals surface area contributed by atoms with Crippen LogP contribution in [0.25, 0.3) is 0 Å². The first-order chi connectivity index (χ1) is 9.96. The van der Waals surface area contributed by atoms with E-state index in [9.17, 15) is 13.6 Å². The van der Waals surface area contributed by atoms with Gasteiger partial charge in [-0.15, -0.1) is 0 Å². The number of nitrogens with zero attached hydrogens (tertiary/aromatic N) is 1. The van der Waals surface area contributed by atoms with Gasteiger partial charge >= 0.3 is 5.92 Å². The molecule has 1 fully saturated rings. The van der Waals surface area contributed by atoms with Gasteiger partial charge in [0.05, 0.1) is 24.9 Å². The number of rotatable bonds is 4. The molecule has 1 heterocycles. The van der Waals surface area contributed by atoms with E-state index in [-0.39, 0.29) is 38.2 Å². The maximum atomic E-state index is 14.5. The zero-order valence-corrected chi connectivity index (χ0v) is 12.1. The number of benzene rings is 1. The molecule has 0 radical (unpaired) electrons. The van der Waals surface area contributed by atoms with Crippen LogP contribution in [-0.4, -0.2) is 43.2 Å². The summed E-state index contributed by atoms with van der Waals surface area (Å²) in [5.41, 5.74) is -0.393. The van der Waals surface area contributed by atoms with Crippen molar-refractivity contribution in [3.8, 4) is 5.75 Å². The highest BCUT2D eigenvalue weighted by Gasteiger charge is 2.46. The SMILES string of the molecule is CCOc1ccccc1C(F)(F)C(=O)N1CCOC(C)C1. The summed E-state index contributed by atoms with van der Waals surface area (Å²) in [5, 5.41) is 0. The van der Waals surface area contributed by atoms with E-state index in [1.165, 1.54) is 18.2 Å². The van der Waals surface area contributed by atoms with Gasteiger partial charge in [0.1, 0.15) is 5.75 Å². The van der Waals surface area contributed by atoms with Gasteiger partial charge in [0.25, 0.3) is 5.91 Å². The molecule has 1 atom stereocenters. The first-order valence-corrected chi connectivity index (χ1v) is 6.98. The molecule has 4 nitrogen and oxygen atoms in total. The molecule has 6 heteroatoms. The highest BCUT2D eigenvalue weighted by Crippen LogP contribution is 2.36. The van der Waals surface area contributed by atoms with Crippen LogP contribution in [0.15, 0.2) is 24.3 Å². The number of alkyl halides is 2. The molecule has 116 valence electrons. The fraction of sp³-hybridized carbons (Fsp3) is 0.533. The van der Waals surface area contributed by atoms with Gasteiger partial charge in [-0.1, -0.05) is 12.1 Å². The normalized spacial score (nSPS) is 19.4. The van der Waals surface area contributed by atoms with Crippen molar-refractivity contribution in [2.45, 2.75) is 25.9 Å². The van der Waals surface area contributed by atoms with Gasteiger partial charge in [0.15, 0.2) is 0 Å². The first kappa shape index (κ1) is 15.7. The molecule has 0 aromatic heterocycles. The summed E-state index contributed by atoms with van der Waals surface area (Å²) in [6.07, 6.45) is -0.236. The molecule has 1 aliphatic rings. The van der Waals surface area contributed by atoms with Gasteiger partial charge in [-0.05, 0) is 26.0 Å². The molecule has 0 spiro atoms. The van der Waals surface area contributed by atoms with E-state index in [4.69, 9.17) is 9.47 Å². The van der Waals surface area contributed by atoms with Crippen molar-refractivity contribution in [3.05, 3.63) is 29.8 Å². The van der Waals surface area contributed by atoms with Crippen molar-refractivity contribution in [2.75, 3.05) is 26.3 Å². The topological polar surface area (TPSA) is 38.8 Å². The van der Waals surface area contributed by atoms with Gasteiger partial charge in [-0.2, -0.15) is 8.78 Å². The third-order valence-electron chi connectivity index (χ3n) is 3.32. The van der Waals surface area contributed by atoms with Gasteiger partial charge in [-0.3, -0.25) is 4.79 Å². The smallest absolute Gasteiger partial charge is 0.353 e. The largest absolute Gasteiger partial charge is 0.493 e. The minimum absolute atomic E-state index is 0.0413. The predicted molar refractivity (Wildman–Crippen MR) is 73.5 cm³/mol. The second-order valence-electron chi connectivity index (χ2n) is 4.94. The van der Waals surface area contributed by atoms with E-state index in [0.717, 1.165) is 4.90 Å². The monoisotopic (exact) mass is 299 g/mol. The minimum Gasteiger partial charge on any atom is -0.493 e. The molecule has 0 saturated carbocycles. The maximum Gasteiger partial charge on any atom is 0.353 e. The summed E-state index contributed by atoms with van der Waals surface area (Å²) in [7, 11) is 0. The van der Waals surface area contributed by atoms with Crippen LogP contribution >= 0.6 is 0 Å². The second kappa shape index (κ2) is 6.39. The Morgan fingerprint density at radius 3 is 2.86 bits per heavy atom. The number of amides is 1. The number of para-hydroxylation sites is 1. The summed E-state index contributed by atoms with van der Waals surface area (Å²) < 4.78 is 39.5. The van der Waals surface area contributed by atoms with Gasteiger partial charge < -0.3 is 14.4 Å². The number of ether oxygens (including phenoxy) is 2. The van der Waals surface area contributed by atoms with Crippen LogP contribution in [0.2, 0.25) is 0 Å². The number of carbonyl (C=O) groups excluding carboxylic acids is 1. The van der Waals surface area contributed by atoms with Crippen LogP contribution in [-0.2, 0) is 15.5 Å². The average molecular weight is 299 g/mol. The number of morpholine rings is 1. The lowest BCUT2D eigenvalue weighted by atomic mass is 10.1. The Hall–Kier alpha value is -1.69. The zero-order valence-electron chi connectivity index (χ0n) is 12.1. The molecule has 0 N–H and O–H groups in total. The molecular formula is C15H19F2NO3. The van der Waals surface area contributed by atoms with Crippen molar-refractivity contribution >= 4 is 5.91 Å². The van der Waals surface area contributed by atoms with E-state index in [1.807, 2.05) is 0 Å². The molecule has 1 unspecified atom stereocenters. The lowest BCUT2D eigenvalue weighted by Crippen LogP contribution is -2.50. The maximum absolute atomic E-state index is 14.5. The Kier molecular flexibility index (Phi) is 4.77. The van der Waals surface area contributed by atoms with Gasteiger partial charge in [0, 0.05) is 13.1 Å². The third-order valence-corrected chi connectivity index (χ3v) is 3.32. The Balaban J connectivity index is 2.26. The third kappa shape index (κ3) is 3.32. The van der Waals surface area contributed by atoms with E-state index in [2.05, 4.69) is 0 Å². The van der Waals surface area contributed by atoms with Crippen LogP contribution in [0.3, 0.4) is 0 Å². The standard InChI is InChI=1S/C15H19F2NO3/c1-3-20-13-7-5-4-6-12(13)15(16,17)14(19)18-8-9-21-11(2)10-18/h4-7,11H,3,8-10H2,1-2H3. The molecule has 1 aliphatic heterocycles. The number of hydrogen-bond donors (Lipinski definition) is 0. The summed E-state index contributed by atoms with van der Waals surface area (Å²) in [6, 6.07) is 5.75. The molecule has 2 rings (SSSR count). The van der Waals surface area contributed by atoms with E-state index in [0.29, 0.717) is 0 Å². The Bertz CT molecular complexity index is 507. The van der Waals surface area contributed by atoms with Crippen molar-refractivity contribution in [1.29, 1.82) is 0 Å². The molecule has 1 aromatic carbocycles. The Morgan fingerprint density at radius 2 is 2.19 bits per heavy atom. The number of carbonyl (C=O) groups is 1. The van der Waals surface area contributed by atoms with Crippen molar-refractivity contribution in [2.24, 2.45) is 0 Å². The lowest BCUT2D eigenvalue weighted by molar-refractivity contribution is -0.165.